The van der Waals surface area contributed by atoms with Crippen molar-refractivity contribution in [1.82, 2.24) is 4.90 Å². The zero-order valence-corrected chi connectivity index (χ0v) is 16.7. The molecule has 31 heavy (non-hydrogen) atoms. The highest BCUT2D eigenvalue weighted by Crippen LogP contribution is 2.40. The van der Waals surface area contributed by atoms with Gasteiger partial charge in [-0.2, -0.15) is 0 Å². The molecule has 6 nitrogen and oxygen atoms in total. The molecule has 0 aliphatic carbocycles. The van der Waals surface area contributed by atoms with E-state index in [0.29, 0.717) is 11.3 Å². The van der Waals surface area contributed by atoms with Crippen molar-refractivity contribution in [3.63, 3.8) is 0 Å². The highest BCUT2D eigenvalue weighted by atomic mass is 19.1. The largest absolute Gasteiger partial charge is 0.872 e. The standard InChI is InChI=1S/C24H19FN2O4/c1-31-17-8-4-7-16(12-17)22(28)20-21(18-9-2-3-10-19(18)25)27(24(30)23(20)29)14-15-6-5-11-26-13-15/h2-13,21,28H,14H2,1H3. The fourth-order valence-electron chi connectivity index (χ4n) is 3.70. The number of methoxy groups -OCH3 is 1. The highest BCUT2D eigenvalue weighted by Gasteiger charge is 2.45. The number of pyridine rings is 1. The second-order valence-electron chi connectivity index (χ2n) is 7.07. The topological polar surface area (TPSA) is 83.8 Å². The smallest absolute Gasteiger partial charge is 0.295 e. The first-order valence-electron chi connectivity index (χ1n) is 9.61. The van der Waals surface area contributed by atoms with E-state index in [4.69, 9.17) is 4.74 Å². The first-order chi connectivity index (χ1) is 15.0. The van der Waals surface area contributed by atoms with Crippen molar-refractivity contribution in [3.05, 3.63) is 101 Å². The highest BCUT2D eigenvalue weighted by molar-refractivity contribution is 6.46. The molecule has 2 heterocycles. The van der Waals surface area contributed by atoms with Crippen LogP contribution >= 0.6 is 0 Å². The van der Waals surface area contributed by atoms with Gasteiger partial charge < -0.3 is 14.7 Å². The van der Waals surface area contributed by atoms with Gasteiger partial charge in [-0.3, -0.25) is 9.59 Å². The lowest BCUT2D eigenvalue weighted by molar-refractivity contribution is -0.378. The number of benzene rings is 2. The van der Waals surface area contributed by atoms with Gasteiger partial charge in [0, 0.05) is 22.8 Å². The number of carbonyl (C=O) groups excluding carboxylic acids is 2. The molecular weight excluding hydrogens is 399 g/mol. The Kier molecular flexibility index (Phi) is 5.49. The summed E-state index contributed by atoms with van der Waals surface area (Å²) in [6.07, 6.45) is 3.39. The summed E-state index contributed by atoms with van der Waals surface area (Å²) in [5, 5.41) is 13.3. The zero-order valence-electron chi connectivity index (χ0n) is 16.7. The summed E-state index contributed by atoms with van der Waals surface area (Å²) < 4.78 is 19.9. The lowest BCUT2D eigenvalue weighted by Crippen LogP contribution is -2.30. The molecule has 7 heteroatoms. The molecule has 1 atom stereocenters. The molecule has 0 bridgehead atoms. The number of nitrogens with zero attached hydrogens (tertiary/aromatic N) is 1. The number of nitrogens with one attached hydrogen (secondary N) is 1. The third-order valence-corrected chi connectivity index (χ3v) is 5.19. The number of hydrogen-bond donors (Lipinski definition) is 0. The Labute approximate surface area is 178 Å². The summed E-state index contributed by atoms with van der Waals surface area (Å²) in [5.41, 5.74) is 0.711. The minimum atomic E-state index is -1.14. The Morgan fingerprint density at radius 3 is 2.65 bits per heavy atom. The quantitative estimate of drug-likeness (QED) is 0.361. The van der Waals surface area contributed by atoms with Crippen molar-refractivity contribution in [3.8, 4) is 5.75 Å². The summed E-state index contributed by atoms with van der Waals surface area (Å²) in [4.78, 5) is 30.0. The zero-order chi connectivity index (χ0) is 22.0. The number of aromatic amines is 1. The lowest BCUT2D eigenvalue weighted by Gasteiger charge is -2.27. The molecule has 1 N–H and O–H groups in total. The predicted molar refractivity (Wildman–Crippen MR) is 108 cm³/mol. The van der Waals surface area contributed by atoms with Crippen molar-refractivity contribution < 1.29 is 28.8 Å². The minimum absolute atomic E-state index is 0.0375. The molecule has 1 unspecified atom stereocenters. The Hall–Kier alpha value is -4.00. The fraction of sp³-hybridized carbons (Fsp3) is 0.125. The van der Waals surface area contributed by atoms with Crippen molar-refractivity contribution in [2.24, 2.45) is 0 Å². The van der Waals surface area contributed by atoms with Crippen molar-refractivity contribution in [1.29, 1.82) is 0 Å². The second-order valence-corrected chi connectivity index (χ2v) is 7.07. The van der Waals surface area contributed by atoms with Gasteiger partial charge in [-0.05, 0) is 29.8 Å². The maximum atomic E-state index is 14.8. The number of carbonyl (C=O) groups is 2. The number of amides is 1. The van der Waals surface area contributed by atoms with E-state index in [-0.39, 0.29) is 23.2 Å². The fourth-order valence-corrected chi connectivity index (χ4v) is 3.70. The molecule has 1 aliphatic rings. The van der Waals surface area contributed by atoms with E-state index < -0.39 is 29.3 Å². The van der Waals surface area contributed by atoms with Crippen LogP contribution in [0.4, 0.5) is 4.39 Å². The number of aromatic nitrogens is 1. The average molecular weight is 418 g/mol. The summed E-state index contributed by atoms with van der Waals surface area (Å²) in [6, 6.07) is 14.5. The van der Waals surface area contributed by atoms with Gasteiger partial charge in [-0.25, -0.2) is 9.37 Å². The van der Waals surface area contributed by atoms with E-state index in [2.05, 4.69) is 4.98 Å². The van der Waals surface area contributed by atoms with Crippen molar-refractivity contribution in [2.45, 2.75) is 12.6 Å². The van der Waals surface area contributed by atoms with Crippen molar-refractivity contribution >= 4 is 17.4 Å². The van der Waals surface area contributed by atoms with Crippen LogP contribution in [0.1, 0.15) is 22.7 Å². The summed E-state index contributed by atoms with van der Waals surface area (Å²) in [5.74, 6) is -2.57. The third kappa shape index (κ3) is 3.77. The molecule has 1 aliphatic heterocycles. The number of ketones is 1. The molecule has 156 valence electrons. The van der Waals surface area contributed by atoms with Crippen LogP contribution in [-0.2, 0) is 16.1 Å². The van der Waals surface area contributed by atoms with Gasteiger partial charge in [0.2, 0.25) is 5.78 Å². The van der Waals surface area contributed by atoms with Crippen LogP contribution in [0.25, 0.3) is 5.76 Å². The summed E-state index contributed by atoms with van der Waals surface area (Å²) in [6.45, 7) is 0.0375. The van der Waals surface area contributed by atoms with Crippen LogP contribution in [0.15, 0.2) is 78.6 Å². The summed E-state index contributed by atoms with van der Waals surface area (Å²) >= 11 is 0. The molecule has 0 radical (unpaired) electrons. The first-order valence-corrected chi connectivity index (χ1v) is 9.61. The SMILES string of the molecule is COc1cccc(C([O-])=C2C(=O)C(=O)N(Cc3ccc[nH+]c3)C2c2ccccc2F)c1. The van der Waals surface area contributed by atoms with Crippen LogP contribution in [0, 0.1) is 5.82 Å². The van der Waals surface area contributed by atoms with Gasteiger partial charge in [0.1, 0.15) is 11.6 Å². The van der Waals surface area contributed by atoms with E-state index in [9.17, 15) is 19.1 Å². The number of Topliss-reactive ketones (excluding diaryl/α,β-unsaturated/α-hetero) is 1. The number of halogens is 1. The van der Waals surface area contributed by atoms with Gasteiger partial charge in [0.15, 0.2) is 12.4 Å². The number of ether oxygens (including phenoxy) is 1. The monoisotopic (exact) mass is 418 g/mol. The normalized spacial score (nSPS) is 17.7. The molecule has 1 fully saturated rings. The molecule has 1 saturated heterocycles. The van der Waals surface area contributed by atoms with Crippen LogP contribution < -0.4 is 14.8 Å². The van der Waals surface area contributed by atoms with Crippen LogP contribution in [0.5, 0.6) is 5.75 Å². The molecule has 4 rings (SSSR count). The number of hydrogen-bond acceptors (Lipinski definition) is 4. The molecular formula is C24H19FN2O4. The molecule has 1 amide bonds. The lowest BCUT2D eigenvalue weighted by atomic mass is 9.94. The minimum Gasteiger partial charge on any atom is -0.872 e. The Morgan fingerprint density at radius 2 is 1.94 bits per heavy atom. The van der Waals surface area contributed by atoms with E-state index >= 15 is 0 Å². The number of H-pyrrole nitrogens is 1. The number of likely N-dealkylation sites (tertiary alicyclic amines) is 1. The summed E-state index contributed by atoms with van der Waals surface area (Å²) in [7, 11) is 1.46. The predicted octanol–water partition coefficient (Wildman–Crippen LogP) is 2.07. The maximum Gasteiger partial charge on any atom is 0.295 e. The molecule has 0 spiro atoms. The first kappa shape index (κ1) is 20.3. The molecule has 3 aromatic rings. The van der Waals surface area contributed by atoms with Crippen LogP contribution in [0.2, 0.25) is 0 Å². The van der Waals surface area contributed by atoms with Gasteiger partial charge >= 0.3 is 0 Å². The molecule has 1 aromatic heterocycles. The van der Waals surface area contributed by atoms with Gasteiger partial charge in [-0.1, -0.05) is 36.1 Å². The molecule has 0 saturated carbocycles. The van der Waals surface area contributed by atoms with Crippen LogP contribution in [0.3, 0.4) is 0 Å². The van der Waals surface area contributed by atoms with E-state index in [1.807, 2.05) is 0 Å². The average Bonchev–Trinajstić information content (AvgIpc) is 3.04. The Morgan fingerprint density at radius 1 is 1.13 bits per heavy atom. The van der Waals surface area contributed by atoms with Crippen LogP contribution in [-0.4, -0.2) is 23.7 Å². The second kappa shape index (κ2) is 8.39. The van der Waals surface area contributed by atoms with E-state index in [1.54, 1.807) is 42.7 Å². The third-order valence-electron chi connectivity index (χ3n) is 5.19. The maximum absolute atomic E-state index is 14.8. The van der Waals surface area contributed by atoms with Gasteiger partial charge in [-0.15, -0.1) is 0 Å². The molecule has 2 aromatic carbocycles. The van der Waals surface area contributed by atoms with E-state index in [0.717, 1.165) is 0 Å². The van der Waals surface area contributed by atoms with Gasteiger partial charge in [0.05, 0.1) is 19.7 Å². The van der Waals surface area contributed by atoms with Gasteiger partial charge in [0.25, 0.3) is 5.91 Å². The van der Waals surface area contributed by atoms with E-state index in [1.165, 1.54) is 42.3 Å². The van der Waals surface area contributed by atoms with Crippen molar-refractivity contribution in [2.75, 3.05) is 7.11 Å². The Balaban J connectivity index is 1.89. The number of rotatable bonds is 5. The Bertz CT molecular complexity index is 1180.